The van der Waals surface area contributed by atoms with Gasteiger partial charge in [0.25, 0.3) is 0 Å². The van der Waals surface area contributed by atoms with Gasteiger partial charge >= 0.3 is 0 Å². The monoisotopic (exact) mass is 323 g/mol. The number of thiazole rings is 1. The van der Waals surface area contributed by atoms with E-state index in [4.69, 9.17) is 4.74 Å². The molecule has 1 aromatic heterocycles. The molecule has 1 unspecified atom stereocenters. The van der Waals surface area contributed by atoms with Gasteiger partial charge in [-0.1, -0.05) is 0 Å². The van der Waals surface area contributed by atoms with Crippen LogP contribution in [0.15, 0.2) is 5.38 Å². The van der Waals surface area contributed by atoms with Crippen molar-refractivity contribution in [3.05, 3.63) is 11.1 Å². The van der Waals surface area contributed by atoms with Gasteiger partial charge in [0.1, 0.15) is 0 Å². The highest BCUT2D eigenvalue weighted by Gasteiger charge is 2.39. The Morgan fingerprint density at radius 2 is 2.23 bits per heavy atom. The third-order valence-electron chi connectivity index (χ3n) is 5.02. The van der Waals surface area contributed by atoms with Crippen LogP contribution in [0.4, 0.5) is 5.13 Å². The molecule has 2 fully saturated rings. The molecule has 2 aliphatic rings. The van der Waals surface area contributed by atoms with E-state index < -0.39 is 0 Å². The minimum atomic E-state index is -0.107. The zero-order chi connectivity index (χ0) is 15.6. The molecule has 6 heteroatoms. The van der Waals surface area contributed by atoms with Crippen LogP contribution in [-0.2, 0) is 9.53 Å². The van der Waals surface area contributed by atoms with Crippen LogP contribution in [0.2, 0.25) is 0 Å². The summed E-state index contributed by atoms with van der Waals surface area (Å²) < 4.78 is 5.52. The first-order chi connectivity index (χ1) is 10.6. The van der Waals surface area contributed by atoms with Crippen LogP contribution in [0.5, 0.6) is 0 Å². The molecule has 2 saturated heterocycles. The lowest BCUT2D eigenvalue weighted by Crippen LogP contribution is -2.52. The molecule has 0 bridgehead atoms. The number of piperidine rings is 1. The number of aromatic nitrogens is 1. The molecular weight excluding hydrogens is 298 g/mol. The van der Waals surface area contributed by atoms with E-state index in [2.05, 4.69) is 15.2 Å². The van der Waals surface area contributed by atoms with Crippen molar-refractivity contribution in [1.82, 2.24) is 9.88 Å². The van der Waals surface area contributed by atoms with E-state index in [1.54, 1.807) is 0 Å². The average molecular weight is 323 g/mol. The van der Waals surface area contributed by atoms with Gasteiger partial charge in [0.05, 0.1) is 11.7 Å². The summed E-state index contributed by atoms with van der Waals surface area (Å²) in [6, 6.07) is -0.107. The van der Waals surface area contributed by atoms with E-state index in [-0.39, 0.29) is 11.9 Å². The van der Waals surface area contributed by atoms with Crippen LogP contribution < -0.4 is 5.32 Å². The minimum absolute atomic E-state index is 0.0541. The molecule has 1 aromatic rings. The van der Waals surface area contributed by atoms with Crippen LogP contribution >= 0.6 is 11.3 Å². The molecule has 0 aliphatic carbocycles. The van der Waals surface area contributed by atoms with Gasteiger partial charge in [-0.05, 0) is 51.5 Å². The first-order valence-corrected chi connectivity index (χ1v) is 9.01. The molecule has 5 nitrogen and oxygen atoms in total. The van der Waals surface area contributed by atoms with Gasteiger partial charge in [-0.2, -0.15) is 0 Å². The second kappa shape index (κ2) is 6.64. The molecule has 2 aliphatic heterocycles. The van der Waals surface area contributed by atoms with Crippen molar-refractivity contribution in [2.24, 2.45) is 5.41 Å². The number of nitrogens with one attached hydrogen (secondary N) is 1. The smallest absolute Gasteiger partial charge is 0.243 e. The summed E-state index contributed by atoms with van der Waals surface area (Å²) in [6.45, 7) is 7.71. The maximum absolute atomic E-state index is 12.5. The molecule has 122 valence electrons. The Balaban J connectivity index is 1.61. The quantitative estimate of drug-likeness (QED) is 0.929. The summed E-state index contributed by atoms with van der Waals surface area (Å²) in [5, 5.41) is 5.61. The lowest BCUT2D eigenvalue weighted by atomic mass is 9.73. The van der Waals surface area contributed by atoms with Crippen LogP contribution in [0.3, 0.4) is 0 Å². The van der Waals surface area contributed by atoms with Gasteiger partial charge in [-0.15, -0.1) is 11.3 Å². The second-order valence-corrected chi connectivity index (χ2v) is 7.50. The maximum Gasteiger partial charge on any atom is 0.243 e. The number of ether oxygens (including phenoxy) is 1. The van der Waals surface area contributed by atoms with E-state index in [1.807, 2.05) is 19.2 Å². The van der Waals surface area contributed by atoms with Gasteiger partial charge in [-0.25, -0.2) is 4.98 Å². The summed E-state index contributed by atoms with van der Waals surface area (Å²) in [6.07, 6.45) is 4.70. The maximum atomic E-state index is 12.5. The van der Waals surface area contributed by atoms with E-state index in [1.165, 1.54) is 24.2 Å². The molecule has 3 rings (SSSR count). The Hall–Kier alpha value is -0.980. The zero-order valence-electron chi connectivity index (χ0n) is 13.4. The van der Waals surface area contributed by atoms with E-state index in [0.29, 0.717) is 10.5 Å². The molecular formula is C16H25N3O2S. The lowest BCUT2D eigenvalue weighted by molar-refractivity contribution is -0.123. The Bertz CT molecular complexity index is 520. The number of nitrogens with zero attached hydrogens (tertiary/aromatic N) is 2. The molecule has 0 saturated carbocycles. The average Bonchev–Trinajstić information content (AvgIpc) is 2.92. The Morgan fingerprint density at radius 1 is 1.45 bits per heavy atom. The van der Waals surface area contributed by atoms with Crippen LogP contribution in [-0.4, -0.2) is 48.1 Å². The minimum Gasteiger partial charge on any atom is -0.381 e. The van der Waals surface area contributed by atoms with E-state index in [0.717, 1.165) is 44.8 Å². The van der Waals surface area contributed by atoms with Gasteiger partial charge in [-0.3, -0.25) is 9.69 Å². The van der Waals surface area contributed by atoms with Crippen LogP contribution in [0.1, 0.15) is 38.3 Å². The standard InChI is InChI=1S/C16H25N3O2S/c1-12-10-22-15(17-12)18-14(20)13(2)19-7-3-4-16(11-19)5-8-21-9-6-16/h10,13H,3-9,11H2,1-2H3,(H,17,18,20). The second-order valence-electron chi connectivity index (χ2n) is 6.65. The van der Waals surface area contributed by atoms with Gasteiger partial charge < -0.3 is 10.1 Å². The number of hydrogen-bond donors (Lipinski definition) is 1. The first kappa shape index (κ1) is 15.9. The van der Waals surface area contributed by atoms with Crippen molar-refractivity contribution in [3.8, 4) is 0 Å². The van der Waals surface area contributed by atoms with Crippen LogP contribution in [0.25, 0.3) is 0 Å². The zero-order valence-corrected chi connectivity index (χ0v) is 14.2. The Morgan fingerprint density at radius 3 is 2.91 bits per heavy atom. The predicted octanol–water partition coefficient (Wildman–Crippen LogP) is 2.67. The normalized spacial score (nSPS) is 23.4. The SMILES string of the molecule is Cc1csc(NC(=O)C(C)N2CCCC3(CCOCC3)C2)n1. The third-order valence-corrected chi connectivity index (χ3v) is 5.90. The predicted molar refractivity (Wildman–Crippen MR) is 88.2 cm³/mol. The van der Waals surface area contributed by atoms with Crippen molar-refractivity contribution >= 4 is 22.4 Å². The lowest BCUT2D eigenvalue weighted by Gasteiger charge is -2.46. The first-order valence-electron chi connectivity index (χ1n) is 8.13. The van der Waals surface area contributed by atoms with E-state index in [9.17, 15) is 4.79 Å². The fraction of sp³-hybridized carbons (Fsp3) is 0.750. The number of rotatable bonds is 3. The Labute approximate surface area is 136 Å². The van der Waals surface area contributed by atoms with Crippen molar-refractivity contribution in [3.63, 3.8) is 0 Å². The molecule has 1 spiro atoms. The molecule has 1 N–H and O–H groups in total. The third kappa shape index (κ3) is 3.50. The summed E-state index contributed by atoms with van der Waals surface area (Å²) in [5.74, 6) is 0.0541. The molecule has 0 aromatic carbocycles. The summed E-state index contributed by atoms with van der Waals surface area (Å²) in [5.41, 5.74) is 1.31. The molecule has 1 atom stereocenters. The van der Waals surface area contributed by atoms with Gasteiger partial charge in [0, 0.05) is 25.1 Å². The highest BCUT2D eigenvalue weighted by Crippen LogP contribution is 2.39. The van der Waals surface area contributed by atoms with Crippen LogP contribution in [0, 0.1) is 12.3 Å². The fourth-order valence-corrected chi connectivity index (χ4v) is 4.27. The summed E-state index contributed by atoms with van der Waals surface area (Å²) in [7, 11) is 0. The molecule has 22 heavy (non-hydrogen) atoms. The van der Waals surface area contributed by atoms with Gasteiger partial charge in [0.15, 0.2) is 5.13 Å². The van der Waals surface area contributed by atoms with E-state index >= 15 is 0 Å². The van der Waals surface area contributed by atoms with Crippen molar-refractivity contribution in [2.75, 3.05) is 31.6 Å². The van der Waals surface area contributed by atoms with Crippen molar-refractivity contribution in [2.45, 2.75) is 45.6 Å². The number of anilines is 1. The summed E-state index contributed by atoms with van der Waals surface area (Å²) in [4.78, 5) is 19.1. The van der Waals surface area contributed by atoms with Crippen molar-refractivity contribution in [1.29, 1.82) is 0 Å². The number of carbonyl (C=O) groups excluding carboxylic acids is 1. The number of likely N-dealkylation sites (tertiary alicyclic amines) is 1. The fourth-order valence-electron chi connectivity index (χ4n) is 3.58. The number of carbonyl (C=O) groups is 1. The molecule has 3 heterocycles. The highest BCUT2D eigenvalue weighted by molar-refractivity contribution is 7.13. The Kier molecular flexibility index (Phi) is 4.80. The number of hydrogen-bond acceptors (Lipinski definition) is 5. The number of amides is 1. The van der Waals surface area contributed by atoms with Gasteiger partial charge in [0.2, 0.25) is 5.91 Å². The largest absolute Gasteiger partial charge is 0.381 e. The van der Waals surface area contributed by atoms with Crippen molar-refractivity contribution < 1.29 is 9.53 Å². The highest BCUT2D eigenvalue weighted by atomic mass is 32.1. The number of aryl methyl sites for hydroxylation is 1. The summed E-state index contributed by atoms with van der Waals surface area (Å²) >= 11 is 1.49. The molecule has 1 amide bonds. The topological polar surface area (TPSA) is 54.5 Å². The molecule has 0 radical (unpaired) electrons.